The maximum absolute atomic E-state index is 12.9. The normalized spacial score (nSPS) is 20.4. The maximum atomic E-state index is 12.9. The van der Waals surface area contributed by atoms with Crippen molar-refractivity contribution < 1.29 is 41.0 Å². The van der Waals surface area contributed by atoms with Crippen LogP contribution in [0.15, 0.2) is 83.4 Å². The molecule has 1 amide bonds. The van der Waals surface area contributed by atoms with E-state index in [4.69, 9.17) is 42.9 Å². The van der Waals surface area contributed by atoms with Crippen molar-refractivity contribution in [3.8, 4) is 23.4 Å². The molecule has 4 aliphatic rings. The van der Waals surface area contributed by atoms with Crippen LogP contribution < -0.4 is 19.3 Å². The minimum Gasteiger partial charge on any atom is -0.478 e. The second kappa shape index (κ2) is 25.9. The molecule has 2 atom stereocenters. The number of aromatic nitrogens is 10. The minimum absolute atomic E-state index is 0.0382. The smallest absolute Gasteiger partial charge is 0.338 e. The molecule has 25 heteroatoms. The summed E-state index contributed by atoms with van der Waals surface area (Å²) in [5.41, 5.74) is 2.10. The molecule has 4 fully saturated rings. The Morgan fingerprint density at radius 2 is 1.00 bits per heavy atom. The zero-order chi connectivity index (χ0) is 63.7. The summed E-state index contributed by atoms with van der Waals surface area (Å²) in [4.78, 5) is 32.2. The molecule has 0 saturated heterocycles. The monoisotopic (exact) mass is 1280 g/mol. The summed E-state index contributed by atoms with van der Waals surface area (Å²) in [6.45, 7) is 30.2. The number of carboxylic acids is 1. The summed E-state index contributed by atoms with van der Waals surface area (Å²) in [5, 5.41) is 30.4. The Morgan fingerprint density at radius 1 is 0.586 bits per heavy atom. The predicted molar refractivity (Wildman–Crippen MR) is 333 cm³/mol. The first-order chi connectivity index (χ1) is 40.5. The highest BCUT2D eigenvalue weighted by Gasteiger charge is 2.64. The Labute approximate surface area is 523 Å². The molecule has 6 aromatic heterocycles. The van der Waals surface area contributed by atoms with Gasteiger partial charge in [0.15, 0.2) is 21.7 Å². The van der Waals surface area contributed by atoms with E-state index in [9.17, 15) is 26.4 Å². The molecular formula is C62H88Cl2N12O9S2. The van der Waals surface area contributed by atoms with Crippen LogP contribution in [-0.4, -0.2) is 96.1 Å². The van der Waals surface area contributed by atoms with Crippen LogP contribution >= 0.6 is 23.2 Å². The molecule has 6 heterocycles. The van der Waals surface area contributed by atoms with Crippen LogP contribution in [0.2, 0.25) is 10.3 Å². The number of ether oxygens (including phenoxy) is 2. The number of hydrogen-bond donors (Lipinski definition) is 3. The first-order valence-electron chi connectivity index (χ1n) is 30.1. The molecule has 6 aromatic rings. The molecule has 10 rings (SSSR count). The summed E-state index contributed by atoms with van der Waals surface area (Å²) in [6, 6.07) is 12.3. The number of nitrogens with zero attached hydrogens (tertiary/aromatic N) is 10. The molecule has 21 nitrogen and oxygen atoms in total. The lowest BCUT2D eigenvalue weighted by molar-refractivity contribution is 0.0696. The highest BCUT2D eigenvalue weighted by atomic mass is 35.5. The first-order valence-corrected chi connectivity index (χ1v) is 33.9. The second-order valence-corrected chi connectivity index (χ2v) is 31.8. The second-order valence-electron chi connectivity index (χ2n) is 27.9. The van der Waals surface area contributed by atoms with E-state index in [0.29, 0.717) is 93.4 Å². The molecule has 4 N–H and O–H groups in total. The number of carbonyl (C=O) groups is 2. The number of aryl methyl sites for hydroxylation is 2. The lowest BCUT2D eigenvalue weighted by atomic mass is 9.89. The molecule has 0 radical (unpaired) electrons. The van der Waals surface area contributed by atoms with Gasteiger partial charge in [-0.2, -0.15) is 18.6 Å². The summed E-state index contributed by atoms with van der Waals surface area (Å²) >= 11 is 12.2. The van der Waals surface area contributed by atoms with Gasteiger partial charge < -0.3 is 14.6 Å². The van der Waals surface area contributed by atoms with Crippen LogP contribution in [0.5, 0.6) is 11.8 Å². The lowest BCUT2D eigenvalue weighted by Gasteiger charge is -2.17. The molecular weight excluding hydrogens is 1190 g/mol. The lowest BCUT2D eigenvalue weighted by Crippen LogP contribution is -2.31. The van der Waals surface area contributed by atoms with E-state index in [2.05, 4.69) is 118 Å². The molecule has 4 saturated carbocycles. The van der Waals surface area contributed by atoms with Gasteiger partial charge in [0.2, 0.25) is 11.8 Å². The Kier molecular flexibility index (Phi) is 20.0. The van der Waals surface area contributed by atoms with Crippen molar-refractivity contribution in [3.05, 3.63) is 94.8 Å². The van der Waals surface area contributed by atoms with E-state index >= 15 is 0 Å². The Morgan fingerprint density at radius 3 is 1.37 bits per heavy atom. The van der Waals surface area contributed by atoms with Gasteiger partial charge in [-0.25, -0.2) is 42.4 Å². The van der Waals surface area contributed by atoms with Crippen molar-refractivity contribution in [1.82, 2.24) is 53.8 Å². The van der Waals surface area contributed by atoms with Gasteiger partial charge in [0.1, 0.15) is 10.3 Å². The average Bonchev–Trinajstić information content (AvgIpc) is 1.56. The number of amides is 1. The number of sulfonamides is 2. The number of nitrogens with one attached hydrogen (secondary N) is 1. The SMILES string of the molecule is CC1(C)C(CCOc2ccn(-c3ccc(C(=O)O)c(Cl)n3)n2)C1(C)C.CC1(C)CCC(CCCn2ccc(S(=O)(=O)NC(=O)c3ccc(-n4ccc(OCCC5C(C)(C)C5(C)C)n4)nc3Cl)n2)C1.CC1(C)CCC(CCCn2ccc(S(N)(=O)=O)n2)C1. The van der Waals surface area contributed by atoms with E-state index in [0.717, 1.165) is 44.6 Å². The largest absolute Gasteiger partial charge is 0.478 e. The standard InChI is InChI=1S/C31H43ClN6O4S.C18H22ClN3O3.C13H23N3O2S/c1-29(2)15-11-21(20-29)8-7-16-37-17-13-26(35-37)43(40,41)36-28(39)22-9-10-24(33-27(22)32)38-18-12-25(34-38)42-19-14-23-30(3,4)31(23,5)6;1-17(2)12(18(17,3)4)8-10-25-14-7-9-22(21-14)13-6-5-11(16(23)24)15(19)20-13;1-13(2)7-5-11(10-13)4-3-8-16-9-6-12(15-16)19(14,17)18/h9-10,12-13,17-18,21,23H,7-8,11,14-16,19-20H2,1-6H3,(H,36,39);5-7,9,12H,8,10H2,1-4H3,(H,23,24);6,9,11H,3-5,7-8,10H2,1-2H3,(H2,14,17,18). The summed E-state index contributed by atoms with van der Waals surface area (Å²) in [5.74, 6) is 2.53. The van der Waals surface area contributed by atoms with Crippen molar-refractivity contribution in [3.63, 3.8) is 0 Å². The van der Waals surface area contributed by atoms with Crippen molar-refractivity contribution in [2.24, 2.45) is 61.3 Å². The third kappa shape index (κ3) is 16.3. The summed E-state index contributed by atoms with van der Waals surface area (Å²) in [6.07, 6.45) is 20.5. The van der Waals surface area contributed by atoms with E-state index in [-0.39, 0.29) is 31.5 Å². The zero-order valence-corrected chi connectivity index (χ0v) is 55.5. The van der Waals surface area contributed by atoms with Gasteiger partial charge in [-0.15, -0.1) is 10.2 Å². The van der Waals surface area contributed by atoms with Gasteiger partial charge in [0, 0.05) is 50.0 Å². The van der Waals surface area contributed by atoms with Crippen LogP contribution in [0.4, 0.5) is 0 Å². The highest BCUT2D eigenvalue weighted by Crippen LogP contribution is 2.70. The maximum Gasteiger partial charge on any atom is 0.338 e. The molecule has 4 aliphatic carbocycles. The molecule has 0 spiro atoms. The van der Waals surface area contributed by atoms with Crippen molar-refractivity contribution >= 4 is 55.1 Å². The third-order valence-electron chi connectivity index (χ3n) is 19.9. The first kappa shape index (κ1) is 67.1. The quantitative estimate of drug-likeness (QED) is 0.0503. The number of halogens is 2. The molecule has 0 bridgehead atoms. The summed E-state index contributed by atoms with van der Waals surface area (Å²) in [7, 11) is -7.87. The Hall–Kier alpha value is -5.88. The number of aromatic carboxylic acids is 1. The van der Waals surface area contributed by atoms with Crippen LogP contribution in [0.3, 0.4) is 0 Å². The van der Waals surface area contributed by atoms with Crippen molar-refractivity contribution in [2.75, 3.05) is 13.2 Å². The van der Waals surface area contributed by atoms with Crippen molar-refractivity contribution in [1.29, 1.82) is 0 Å². The molecule has 0 aromatic carbocycles. The zero-order valence-electron chi connectivity index (χ0n) is 52.4. The average molecular weight is 1280 g/mol. The number of hydrogen-bond acceptors (Lipinski definition) is 14. The number of carbonyl (C=O) groups excluding carboxylic acids is 1. The minimum atomic E-state index is -4.20. The van der Waals surface area contributed by atoms with Crippen LogP contribution in [0.25, 0.3) is 11.6 Å². The predicted octanol–water partition coefficient (Wildman–Crippen LogP) is 12.5. The highest BCUT2D eigenvalue weighted by molar-refractivity contribution is 7.90. The fraction of sp³-hybridized carbons (Fsp3) is 0.613. The van der Waals surface area contributed by atoms with Gasteiger partial charge in [0.25, 0.3) is 26.0 Å². The van der Waals surface area contributed by atoms with Crippen molar-refractivity contribution in [2.45, 2.75) is 183 Å². The molecule has 476 valence electrons. The van der Waals surface area contributed by atoms with Crippen LogP contribution in [-0.2, 0) is 33.1 Å². The number of primary sulfonamides is 1. The number of nitrogens with two attached hydrogens (primary N) is 1. The molecule has 87 heavy (non-hydrogen) atoms. The van der Waals surface area contributed by atoms with Gasteiger partial charge >= 0.3 is 5.97 Å². The molecule has 2 unspecified atom stereocenters. The fourth-order valence-electron chi connectivity index (χ4n) is 13.3. The van der Waals surface area contributed by atoms with Gasteiger partial charge in [-0.3, -0.25) is 14.2 Å². The number of carboxylic acid groups (broad SMARTS) is 1. The number of pyridine rings is 2. The van der Waals surface area contributed by atoms with Gasteiger partial charge in [-0.05, 0) is 170 Å². The van der Waals surface area contributed by atoms with E-state index in [1.54, 1.807) is 58.4 Å². The Bertz CT molecular complexity index is 3610. The van der Waals surface area contributed by atoms with Gasteiger partial charge in [-0.1, -0.05) is 106 Å². The van der Waals surface area contributed by atoms with Gasteiger partial charge in [0.05, 0.1) is 24.3 Å². The summed E-state index contributed by atoms with van der Waals surface area (Å²) < 4.78 is 67.9. The van der Waals surface area contributed by atoms with E-state index in [1.807, 2.05) is 0 Å². The Balaban J connectivity index is 0.000000188. The van der Waals surface area contributed by atoms with Crippen LogP contribution in [0, 0.1) is 56.2 Å². The van der Waals surface area contributed by atoms with Crippen LogP contribution in [0.1, 0.15) is 181 Å². The van der Waals surface area contributed by atoms with E-state index < -0.39 is 31.9 Å². The topological polar surface area (TPSA) is 276 Å². The fourth-order valence-corrected chi connectivity index (χ4v) is 15.2. The number of rotatable bonds is 23. The molecule has 0 aliphatic heterocycles. The third-order valence-corrected chi connectivity index (χ3v) is 22.5. The van der Waals surface area contributed by atoms with E-state index in [1.165, 1.54) is 78.6 Å².